The molecule has 3 aromatic rings. The molecule has 2 aromatic heterocycles. The second kappa shape index (κ2) is 6.39. The Morgan fingerprint density at radius 3 is 3.12 bits per heavy atom. The number of benzene rings is 1. The van der Waals surface area contributed by atoms with E-state index >= 15 is 0 Å². The standard InChI is InChI=1S/C19H18N4O2/c1-25-14-6-3-5-13(8-14)23-19(24)15-10-21-16-7-2-4-12-9-20-11-22-18(12)17(15)16/h3,5-6,8-11,21H,2,4,7H2,1H3,(H,23,24). The largest absolute Gasteiger partial charge is 0.497 e. The van der Waals surface area contributed by atoms with Crippen LogP contribution in [0.25, 0.3) is 11.3 Å². The molecule has 2 heterocycles. The number of nitrogens with one attached hydrogen (secondary N) is 2. The van der Waals surface area contributed by atoms with Gasteiger partial charge in [0.1, 0.15) is 12.1 Å². The van der Waals surface area contributed by atoms with E-state index in [4.69, 9.17) is 4.74 Å². The van der Waals surface area contributed by atoms with Gasteiger partial charge in [0.15, 0.2) is 0 Å². The van der Waals surface area contributed by atoms with Crippen LogP contribution >= 0.6 is 0 Å². The third-order valence-electron chi connectivity index (χ3n) is 4.43. The molecule has 126 valence electrons. The molecule has 0 saturated heterocycles. The number of fused-ring (bicyclic) bond motifs is 3. The summed E-state index contributed by atoms with van der Waals surface area (Å²) in [4.78, 5) is 24.7. The highest BCUT2D eigenvalue weighted by Gasteiger charge is 2.24. The summed E-state index contributed by atoms with van der Waals surface area (Å²) < 4.78 is 5.21. The molecule has 0 spiro atoms. The fourth-order valence-corrected chi connectivity index (χ4v) is 3.23. The Kier molecular flexibility index (Phi) is 3.93. The van der Waals surface area contributed by atoms with Gasteiger partial charge in [-0.25, -0.2) is 9.97 Å². The van der Waals surface area contributed by atoms with Crippen molar-refractivity contribution < 1.29 is 9.53 Å². The highest BCUT2D eigenvalue weighted by molar-refractivity contribution is 6.09. The lowest BCUT2D eigenvalue weighted by molar-refractivity contribution is 0.102. The predicted octanol–water partition coefficient (Wildman–Crippen LogP) is 3.22. The number of nitrogens with zero attached hydrogens (tertiary/aromatic N) is 2. The lowest BCUT2D eigenvalue weighted by atomic mass is 10.0. The van der Waals surface area contributed by atoms with Gasteiger partial charge in [-0.15, -0.1) is 0 Å². The van der Waals surface area contributed by atoms with Crippen LogP contribution in [0.15, 0.2) is 43.0 Å². The lowest BCUT2D eigenvalue weighted by Gasteiger charge is -2.09. The number of carbonyl (C=O) groups excluding carboxylic acids is 1. The van der Waals surface area contributed by atoms with Gasteiger partial charge in [0.25, 0.3) is 5.91 Å². The highest BCUT2D eigenvalue weighted by atomic mass is 16.5. The van der Waals surface area contributed by atoms with E-state index in [0.717, 1.165) is 41.8 Å². The molecule has 0 fully saturated rings. The second-order valence-electron chi connectivity index (χ2n) is 5.99. The molecule has 0 aliphatic heterocycles. The van der Waals surface area contributed by atoms with E-state index in [1.807, 2.05) is 24.4 Å². The van der Waals surface area contributed by atoms with E-state index in [2.05, 4.69) is 20.3 Å². The van der Waals surface area contributed by atoms with Crippen molar-refractivity contribution in [1.29, 1.82) is 0 Å². The SMILES string of the molecule is COc1cccc(NC(=O)c2c[nH]c3c2-c2ncncc2CCC3)c1. The first-order valence-corrected chi connectivity index (χ1v) is 8.21. The first-order chi connectivity index (χ1) is 12.3. The van der Waals surface area contributed by atoms with Gasteiger partial charge < -0.3 is 15.0 Å². The van der Waals surface area contributed by atoms with Gasteiger partial charge in [0, 0.05) is 35.4 Å². The number of methoxy groups -OCH3 is 1. The average Bonchev–Trinajstić information content (AvgIpc) is 2.97. The molecule has 25 heavy (non-hydrogen) atoms. The lowest BCUT2D eigenvalue weighted by Crippen LogP contribution is -2.12. The van der Waals surface area contributed by atoms with Crippen LogP contribution in [-0.2, 0) is 12.8 Å². The summed E-state index contributed by atoms with van der Waals surface area (Å²) in [5.74, 6) is 0.529. The molecule has 1 aliphatic carbocycles. The van der Waals surface area contributed by atoms with Gasteiger partial charge in [0.05, 0.1) is 18.4 Å². The van der Waals surface area contributed by atoms with E-state index in [1.54, 1.807) is 19.4 Å². The minimum absolute atomic E-state index is 0.169. The first-order valence-electron chi connectivity index (χ1n) is 8.21. The number of aromatic amines is 1. The van der Waals surface area contributed by atoms with E-state index in [9.17, 15) is 4.79 Å². The number of rotatable bonds is 3. The van der Waals surface area contributed by atoms with Crippen molar-refractivity contribution in [1.82, 2.24) is 15.0 Å². The number of aromatic nitrogens is 3. The summed E-state index contributed by atoms with van der Waals surface area (Å²) in [7, 11) is 1.60. The average molecular weight is 334 g/mol. The Morgan fingerprint density at radius 2 is 2.24 bits per heavy atom. The van der Waals surface area contributed by atoms with Gasteiger partial charge in [-0.2, -0.15) is 0 Å². The topological polar surface area (TPSA) is 79.9 Å². The quantitative estimate of drug-likeness (QED) is 0.771. The molecular formula is C19H18N4O2. The van der Waals surface area contributed by atoms with Crippen LogP contribution in [0.3, 0.4) is 0 Å². The maximum atomic E-state index is 12.9. The van der Waals surface area contributed by atoms with Crippen LogP contribution in [-0.4, -0.2) is 28.0 Å². The smallest absolute Gasteiger partial charge is 0.257 e. The number of H-pyrrole nitrogens is 1. The predicted molar refractivity (Wildman–Crippen MR) is 94.8 cm³/mol. The number of hydrogen-bond acceptors (Lipinski definition) is 4. The minimum atomic E-state index is -0.169. The molecule has 0 saturated carbocycles. The van der Waals surface area contributed by atoms with Crippen molar-refractivity contribution in [2.24, 2.45) is 0 Å². The molecule has 2 N–H and O–H groups in total. The van der Waals surface area contributed by atoms with Crippen molar-refractivity contribution in [3.05, 3.63) is 59.8 Å². The van der Waals surface area contributed by atoms with Crippen LogP contribution in [0.2, 0.25) is 0 Å². The van der Waals surface area contributed by atoms with Crippen LogP contribution < -0.4 is 10.1 Å². The van der Waals surface area contributed by atoms with E-state index in [1.165, 1.54) is 6.33 Å². The van der Waals surface area contributed by atoms with Gasteiger partial charge >= 0.3 is 0 Å². The van der Waals surface area contributed by atoms with Gasteiger partial charge in [-0.1, -0.05) is 6.07 Å². The summed E-state index contributed by atoms with van der Waals surface area (Å²) in [6.07, 6.45) is 7.94. The number of hydrogen-bond donors (Lipinski definition) is 2. The van der Waals surface area contributed by atoms with Crippen molar-refractivity contribution in [3.8, 4) is 17.0 Å². The van der Waals surface area contributed by atoms with Crippen LogP contribution in [0, 0.1) is 0 Å². The molecule has 0 bridgehead atoms. The molecule has 0 radical (unpaired) electrons. The third kappa shape index (κ3) is 2.87. The summed E-state index contributed by atoms with van der Waals surface area (Å²) in [5, 5.41) is 2.94. The van der Waals surface area contributed by atoms with Crippen LogP contribution in [0.4, 0.5) is 5.69 Å². The monoisotopic (exact) mass is 334 g/mol. The Balaban J connectivity index is 1.71. The van der Waals surface area contributed by atoms with Gasteiger partial charge in [-0.3, -0.25) is 4.79 Å². The number of amides is 1. The molecule has 0 atom stereocenters. The zero-order valence-corrected chi connectivity index (χ0v) is 13.9. The molecule has 6 nitrogen and oxygen atoms in total. The number of anilines is 1. The number of ether oxygens (including phenoxy) is 1. The molecular weight excluding hydrogens is 316 g/mol. The molecule has 1 amide bonds. The van der Waals surface area contributed by atoms with Crippen molar-refractivity contribution >= 4 is 11.6 Å². The Labute approximate surface area is 145 Å². The second-order valence-corrected chi connectivity index (χ2v) is 5.99. The number of carbonyl (C=O) groups is 1. The fraction of sp³-hybridized carbons (Fsp3) is 0.211. The van der Waals surface area contributed by atoms with Gasteiger partial charge in [0.2, 0.25) is 0 Å². The van der Waals surface area contributed by atoms with Crippen molar-refractivity contribution in [2.45, 2.75) is 19.3 Å². The van der Waals surface area contributed by atoms with Crippen molar-refractivity contribution in [2.75, 3.05) is 12.4 Å². The summed E-state index contributed by atoms with van der Waals surface area (Å²) >= 11 is 0. The molecule has 4 rings (SSSR count). The zero-order valence-electron chi connectivity index (χ0n) is 13.9. The fourth-order valence-electron chi connectivity index (χ4n) is 3.23. The maximum absolute atomic E-state index is 12.9. The van der Waals surface area contributed by atoms with Gasteiger partial charge in [-0.05, 0) is 37.0 Å². The molecule has 0 unspecified atom stereocenters. The summed E-state index contributed by atoms with van der Waals surface area (Å²) in [6, 6.07) is 7.31. The molecule has 1 aromatic carbocycles. The maximum Gasteiger partial charge on any atom is 0.257 e. The Hall–Kier alpha value is -3.15. The Bertz CT molecular complexity index is 933. The van der Waals surface area contributed by atoms with E-state index in [0.29, 0.717) is 17.0 Å². The summed E-state index contributed by atoms with van der Waals surface area (Å²) in [6.45, 7) is 0. The first kappa shape index (κ1) is 15.4. The third-order valence-corrected chi connectivity index (χ3v) is 4.43. The van der Waals surface area contributed by atoms with Crippen LogP contribution in [0.1, 0.15) is 28.0 Å². The normalized spacial score (nSPS) is 12.7. The Morgan fingerprint density at radius 1 is 1.32 bits per heavy atom. The van der Waals surface area contributed by atoms with E-state index in [-0.39, 0.29) is 5.91 Å². The molecule has 6 heteroatoms. The summed E-state index contributed by atoms with van der Waals surface area (Å²) in [5.41, 5.74) is 5.15. The van der Waals surface area contributed by atoms with Crippen LogP contribution in [0.5, 0.6) is 5.75 Å². The van der Waals surface area contributed by atoms with Crippen molar-refractivity contribution in [3.63, 3.8) is 0 Å². The minimum Gasteiger partial charge on any atom is -0.497 e. The van der Waals surface area contributed by atoms with E-state index < -0.39 is 0 Å². The number of aryl methyl sites for hydroxylation is 2. The molecule has 1 aliphatic rings. The zero-order chi connectivity index (χ0) is 17.2. The highest BCUT2D eigenvalue weighted by Crippen LogP contribution is 2.33.